The Hall–Kier alpha value is -3.74. The maximum Gasteiger partial charge on any atom is 0.368 e. The van der Waals surface area contributed by atoms with Gasteiger partial charge in [0.05, 0.1) is 11.4 Å². The van der Waals surface area contributed by atoms with Gasteiger partial charge in [0, 0.05) is 23.9 Å². The fourth-order valence-electron chi connectivity index (χ4n) is 3.50. The number of hydrogen-bond donors (Lipinski definition) is 0. The number of benzene rings is 2. The topological polar surface area (TPSA) is 74.8 Å². The van der Waals surface area contributed by atoms with Gasteiger partial charge >= 0.3 is 5.69 Å². The first-order chi connectivity index (χ1) is 15.0. The Balaban J connectivity index is 1.60. The molecule has 4 rings (SSSR count). The monoisotopic (exact) mass is 415 g/mol. The zero-order chi connectivity index (χ0) is 22.0. The molecule has 2 aromatic heterocycles. The molecule has 2 heterocycles. The maximum absolute atomic E-state index is 12.3. The van der Waals surface area contributed by atoms with Crippen LogP contribution in [0.5, 0.6) is 5.75 Å². The van der Waals surface area contributed by atoms with Crippen molar-refractivity contribution in [2.45, 2.75) is 33.8 Å². The van der Waals surface area contributed by atoms with Crippen LogP contribution in [-0.2, 0) is 20.1 Å². The van der Waals surface area contributed by atoms with Gasteiger partial charge in [-0.05, 0) is 78.2 Å². The second-order valence-electron chi connectivity index (χ2n) is 7.51. The largest absolute Gasteiger partial charge is 0.489 e. The minimum Gasteiger partial charge on any atom is -0.489 e. The van der Waals surface area contributed by atoms with Gasteiger partial charge in [0.25, 0.3) is 0 Å². The van der Waals surface area contributed by atoms with Crippen LogP contribution in [0.1, 0.15) is 29.3 Å². The molecule has 2 aromatic carbocycles. The Morgan fingerprint density at radius 2 is 1.77 bits per heavy atom. The van der Waals surface area contributed by atoms with E-state index in [2.05, 4.69) is 23.4 Å². The molecular weight excluding hydrogens is 390 g/mol. The highest BCUT2D eigenvalue weighted by molar-refractivity contribution is 5.62. The summed E-state index contributed by atoms with van der Waals surface area (Å²) in [5.41, 5.74) is 6.40. The lowest BCUT2D eigenvalue weighted by Crippen LogP contribution is -2.23. The standard InChI is InChI=1S/C24H25N5O2/c1-5-19-9-7-10-21(25-19)18-12-13-23(17(3)14-18)31-15-20-16(2)8-6-11-22(20)29-24(30)28(4)26-27-29/h6-14H,5,15H2,1-4H3. The smallest absolute Gasteiger partial charge is 0.368 e. The first-order valence-corrected chi connectivity index (χ1v) is 10.3. The number of pyridine rings is 1. The van der Waals surface area contributed by atoms with Gasteiger partial charge in [-0.1, -0.05) is 25.1 Å². The third-order valence-electron chi connectivity index (χ3n) is 5.35. The minimum atomic E-state index is -0.297. The molecule has 0 radical (unpaired) electrons. The van der Waals surface area contributed by atoms with Crippen molar-refractivity contribution in [1.82, 2.24) is 24.8 Å². The normalized spacial score (nSPS) is 11.0. The number of nitrogens with zero attached hydrogens (tertiary/aromatic N) is 5. The molecule has 7 heteroatoms. The van der Waals surface area contributed by atoms with Gasteiger partial charge in [0.15, 0.2) is 0 Å². The van der Waals surface area contributed by atoms with Crippen LogP contribution in [0.15, 0.2) is 59.4 Å². The van der Waals surface area contributed by atoms with Gasteiger partial charge in [-0.15, -0.1) is 0 Å². The van der Waals surface area contributed by atoms with E-state index in [0.717, 1.165) is 45.8 Å². The summed E-state index contributed by atoms with van der Waals surface area (Å²) in [4.78, 5) is 17.0. The summed E-state index contributed by atoms with van der Waals surface area (Å²) >= 11 is 0. The summed E-state index contributed by atoms with van der Waals surface area (Å²) < 4.78 is 8.66. The second-order valence-corrected chi connectivity index (χ2v) is 7.51. The van der Waals surface area contributed by atoms with Gasteiger partial charge in [-0.2, -0.15) is 9.36 Å². The summed E-state index contributed by atoms with van der Waals surface area (Å²) in [6.07, 6.45) is 0.904. The van der Waals surface area contributed by atoms with E-state index in [0.29, 0.717) is 12.3 Å². The van der Waals surface area contributed by atoms with Crippen molar-refractivity contribution >= 4 is 0 Å². The number of rotatable bonds is 6. The van der Waals surface area contributed by atoms with Crippen LogP contribution >= 0.6 is 0 Å². The number of aromatic nitrogens is 5. The predicted molar refractivity (Wildman–Crippen MR) is 119 cm³/mol. The van der Waals surface area contributed by atoms with E-state index in [4.69, 9.17) is 9.72 Å². The third kappa shape index (κ3) is 4.12. The van der Waals surface area contributed by atoms with E-state index in [1.165, 1.54) is 9.36 Å². The number of tetrazole rings is 1. The molecule has 0 bridgehead atoms. The van der Waals surface area contributed by atoms with Crippen molar-refractivity contribution in [2.75, 3.05) is 0 Å². The quantitative estimate of drug-likeness (QED) is 0.479. The number of aryl methyl sites for hydroxylation is 4. The molecule has 158 valence electrons. The van der Waals surface area contributed by atoms with Crippen molar-refractivity contribution in [3.05, 3.63) is 87.5 Å². The molecule has 0 atom stereocenters. The number of hydrogen-bond acceptors (Lipinski definition) is 5. The molecule has 0 amide bonds. The molecule has 0 saturated heterocycles. The fraction of sp³-hybridized carbons (Fsp3) is 0.250. The zero-order valence-electron chi connectivity index (χ0n) is 18.2. The average molecular weight is 415 g/mol. The lowest BCUT2D eigenvalue weighted by Gasteiger charge is -2.15. The Morgan fingerprint density at radius 1 is 0.968 bits per heavy atom. The van der Waals surface area contributed by atoms with Crippen LogP contribution in [0, 0.1) is 13.8 Å². The molecule has 7 nitrogen and oxygen atoms in total. The molecular formula is C24H25N5O2. The molecule has 0 spiro atoms. The van der Waals surface area contributed by atoms with Crippen molar-refractivity contribution in [1.29, 1.82) is 0 Å². The van der Waals surface area contributed by atoms with Crippen LogP contribution in [0.2, 0.25) is 0 Å². The Kier molecular flexibility index (Phi) is 5.66. The lowest BCUT2D eigenvalue weighted by atomic mass is 10.1. The summed E-state index contributed by atoms with van der Waals surface area (Å²) in [5.74, 6) is 0.788. The van der Waals surface area contributed by atoms with E-state index >= 15 is 0 Å². The van der Waals surface area contributed by atoms with E-state index in [1.54, 1.807) is 7.05 Å². The minimum absolute atomic E-state index is 0.297. The second kappa shape index (κ2) is 8.55. The van der Waals surface area contributed by atoms with Crippen molar-refractivity contribution in [2.24, 2.45) is 7.05 Å². The van der Waals surface area contributed by atoms with Crippen LogP contribution in [-0.4, -0.2) is 24.8 Å². The van der Waals surface area contributed by atoms with Crippen LogP contribution in [0.25, 0.3) is 16.9 Å². The van der Waals surface area contributed by atoms with Crippen molar-refractivity contribution < 1.29 is 4.74 Å². The summed E-state index contributed by atoms with van der Waals surface area (Å²) in [6, 6.07) is 17.9. The first kappa shape index (κ1) is 20.5. The van der Waals surface area contributed by atoms with E-state index < -0.39 is 0 Å². The van der Waals surface area contributed by atoms with Gasteiger partial charge in [0.2, 0.25) is 0 Å². The molecule has 0 saturated carbocycles. The molecule has 0 aliphatic rings. The highest BCUT2D eigenvalue weighted by Gasteiger charge is 2.14. The molecule has 0 aliphatic carbocycles. The lowest BCUT2D eigenvalue weighted by molar-refractivity contribution is 0.302. The Bertz CT molecular complexity index is 1290. The van der Waals surface area contributed by atoms with Crippen LogP contribution in [0.4, 0.5) is 0 Å². The number of ether oxygens (including phenoxy) is 1. The SMILES string of the molecule is CCc1cccc(-c2ccc(OCc3c(C)cccc3-n3nnn(C)c3=O)c(C)c2)n1. The highest BCUT2D eigenvalue weighted by Crippen LogP contribution is 2.27. The van der Waals surface area contributed by atoms with E-state index in [9.17, 15) is 4.79 Å². The van der Waals surface area contributed by atoms with Gasteiger partial charge in [0.1, 0.15) is 12.4 Å². The van der Waals surface area contributed by atoms with Crippen molar-refractivity contribution in [3.63, 3.8) is 0 Å². The van der Waals surface area contributed by atoms with Gasteiger partial charge < -0.3 is 4.74 Å². The summed E-state index contributed by atoms with van der Waals surface area (Å²) in [5, 5.41) is 7.79. The maximum atomic E-state index is 12.3. The summed E-state index contributed by atoms with van der Waals surface area (Å²) in [6.45, 7) is 6.43. The fourth-order valence-corrected chi connectivity index (χ4v) is 3.50. The highest BCUT2D eigenvalue weighted by atomic mass is 16.5. The van der Waals surface area contributed by atoms with Crippen molar-refractivity contribution in [3.8, 4) is 22.7 Å². The average Bonchev–Trinajstić information content (AvgIpc) is 3.11. The molecule has 31 heavy (non-hydrogen) atoms. The third-order valence-corrected chi connectivity index (χ3v) is 5.35. The zero-order valence-corrected chi connectivity index (χ0v) is 18.2. The Labute approximate surface area is 180 Å². The van der Waals surface area contributed by atoms with E-state index in [1.807, 2.05) is 62.4 Å². The van der Waals surface area contributed by atoms with Gasteiger partial charge in [-0.25, -0.2) is 4.79 Å². The summed E-state index contributed by atoms with van der Waals surface area (Å²) in [7, 11) is 1.58. The molecule has 0 unspecified atom stereocenters. The van der Waals surface area contributed by atoms with Crippen LogP contribution < -0.4 is 10.4 Å². The van der Waals surface area contributed by atoms with Gasteiger partial charge in [-0.3, -0.25) is 4.98 Å². The van der Waals surface area contributed by atoms with E-state index in [-0.39, 0.29) is 5.69 Å². The Morgan fingerprint density at radius 3 is 2.48 bits per heavy atom. The first-order valence-electron chi connectivity index (χ1n) is 10.3. The molecule has 0 aliphatic heterocycles. The molecule has 0 fully saturated rings. The van der Waals surface area contributed by atoms with Crippen LogP contribution in [0.3, 0.4) is 0 Å². The molecule has 0 N–H and O–H groups in total. The predicted octanol–water partition coefficient (Wildman–Crippen LogP) is 3.79. The molecule has 4 aromatic rings.